The highest BCUT2D eigenvalue weighted by molar-refractivity contribution is 6.04. The fourth-order valence-electron chi connectivity index (χ4n) is 9.30. The van der Waals surface area contributed by atoms with Crippen molar-refractivity contribution in [2.45, 2.75) is 27.7 Å². The molecule has 72 heavy (non-hydrogen) atoms. The van der Waals surface area contributed by atoms with Crippen LogP contribution in [0.3, 0.4) is 0 Å². The molecule has 0 saturated carbocycles. The minimum Gasteiger partial charge on any atom is -0.354 e. The number of hydrogen-bond acceptors (Lipinski definition) is 4. The van der Waals surface area contributed by atoms with Crippen molar-refractivity contribution < 1.29 is 9.59 Å². The molecule has 3 aromatic heterocycles. The summed E-state index contributed by atoms with van der Waals surface area (Å²) in [7, 11) is 0. The summed E-state index contributed by atoms with van der Waals surface area (Å²) in [6.07, 6.45) is 8.28. The van der Waals surface area contributed by atoms with E-state index in [9.17, 15) is 9.59 Å². The van der Waals surface area contributed by atoms with Gasteiger partial charge in [0.1, 0.15) is 0 Å². The largest absolute Gasteiger partial charge is 0.354 e. The topological polar surface area (TPSA) is 140 Å². The Morgan fingerprint density at radius 3 is 1.03 bits per heavy atom. The molecule has 0 radical (unpaired) electrons. The lowest BCUT2D eigenvalue weighted by atomic mass is 10.0. The third-order valence-electron chi connectivity index (χ3n) is 13.0. The third kappa shape index (κ3) is 9.20. The lowest BCUT2D eigenvalue weighted by Crippen LogP contribution is -2.19. The van der Waals surface area contributed by atoms with Gasteiger partial charge >= 0.3 is 12.1 Å². The maximum atomic E-state index is 13.4. The van der Waals surface area contributed by atoms with E-state index in [4.69, 9.17) is 9.97 Å². The van der Waals surface area contributed by atoms with E-state index in [1.165, 1.54) is 0 Å². The molecule has 0 fully saturated rings. The van der Waals surface area contributed by atoms with Crippen LogP contribution in [0.15, 0.2) is 170 Å². The lowest BCUT2D eigenvalue weighted by Gasteiger charge is -2.13. The van der Waals surface area contributed by atoms with Gasteiger partial charge in [-0.1, -0.05) is 120 Å². The second kappa shape index (κ2) is 19.1. The van der Waals surface area contributed by atoms with Crippen LogP contribution in [0.4, 0.5) is 32.3 Å². The number of urea groups is 2. The molecule has 6 aromatic carbocycles. The number of aryl methyl sites for hydroxylation is 4. The SMILES string of the molecule is Cc1ccc(-c2c3nc(c(-c4ccc(C)c(NC(=O)Nc5ccccc5)c4)c4ccc([nH]4)c(-c4ccc(C)cc4)c4nc(c(-c5ccc(C)c(NC(=O)Nc6ccccc6)c5)c5ccc2[nH]5)C=C4)C=C3)cc1. The molecule has 0 aliphatic carbocycles. The number of anilines is 4. The summed E-state index contributed by atoms with van der Waals surface area (Å²) in [5, 5.41) is 12.1. The third-order valence-corrected chi connectivity index (χ3v) is 13.0. The van der Waals surface area contributed by atoms with Crippen molar-refractivity contribution in [3.63, 3.8) is 0 Å². The molecule has 8 bridgehead atoms. The summed E-state index contributed by atoms with van der Waals surface area (Å²) >= 11 is 0. The van der Waals surface area contributed by atoms with Gasteiger partial charge in [-0.15, -0.1) is 0 Å². The van der Waals surface area contributed by atoms with Gasteiger partial charge in [0, 0.05) is 67.1 Å². The highest BCUT2D eigenvalue weighted by Gasteiger charge is 2.21. The number of carbonyl (C=O) groups is 2. The number of amides is 4. The van der Waals surface area contributed by atoms with Crippen LogP contribution < -0.4 is 21.3 Å². The first-order valence-corrected chi connectivity index (χ1v) is 23.9. The summed E-state index contributed by atoms with van der Waals surface area (Å²) in [5.41, 5.74) is 20.6. The molecule has 2 aliphatic heterocycles. The fourth-order valence-corrected chi connectivity index (χ4v) is 9.30. The molecule has 11 rings (SSSR count). The quantitative estimate of drug-likeness (QED) is 0.0903. The van der Waals surface area contributed by atoms with Crippen molar-refractivity contribution in [1.29, 1.82) is 0 Å². The van der Waals surface area contributed by atoms with E-state index >= 15 is 0 Å². The predicted octanol–water partition coefficient (Wildman–Crippen LogP) is 15.8. The number of benzene rings is 6. The molecule has 0 spiro atoms. The molecule has 6 N–H and O–H groups in total. The van der Waals surface area contributed by atoms with E-state index in [0.717, 1.165) is 112 Å². The van der Waals surface area contributed by atoms with E-state index in [-0.39, 0.29) is 12.1 Å². The van der Waals surface area contributed by atoms with Crippen LogP contribution in [0.1, 0.15) is 45.0 Å². The molecule has 2 aliphatic rings. The Hall–Kier alpha value is -9.54. The highest BCUT2D eigenvalue weighted by atomic mass is 16.2. The first-order valence-electron chi connectivity index (χ1n) is 23.9. The first kappa shape index (κ1) is 44.9. The molecule has 9 aromatic rings. The van der Waals surface area contributed by atoms with Crippen molar-refractivity contribution in [2.24, 2.45) is 0 Å². The van der Waals surface area contributed by atoms with E-state index in [2.05, 4.69) is 154 Å². The van der Waals surface area contributed by atoms with Crippen LogP contribution in [0.5, 0.6) is 0 Å². The molecule has 10 nitrogen and oxygen atoms in total. The molecule has 10 heteroatoms. The van der Waals surface area contributed by atoms with Gasteiger partial charge in [0.2, 0.25) is 0 Å². The van der Waals surface area contributed by atoms with E-state index < -0.39 is 0 Å². The maximum Gasteiger partial charge on any atom is 0.323 e. The number of hydrogen-bond donors (Lipinski definition) is 6. The summed E-state index contributed by atoms with van der Waals surface area (Å²) in [6.45, 7) is 8.14. The van der Waals surface area contributed by atoms with Gasteiger partial charge in [-0.25, -0.2) is 19.6 Å². The first-order chi connectivity index (χ1) is 35.1. The van der Waals surface area contributed by atoms with Crippen molar-refractivity contribution in [3.8, 4) is 44.5 Å². The fraction of sp³-hybridized carbons (Fsp3) is 0.0645. The summed E-state index contributed by atoms with van der Waals surface area (Å²) in [6, 6.07) is 55.7. The van der Waals surface area contributed by atoms with Crippen LogP contribution in [0.2, 0.25) is 0 Å². The van der Waals surface area contributed by atoms with E-state index in [1.807, 2.05) is 98.8 Å². The molecular weight excluding hydrogens is 889 g/mol. The normalized spacial score (nSPS) is 11.6. The average molecular weight is 939 g/mol. The Bertz CT molecular complexity index is 3560. The van der Waals surface area contributed by atoms with Crippen molar-refractivity contribution in [3.05, 3.63) is 215 Å². The second-order valence-corrected chi connectivity index (χ2v) is 18.2. The Kier molecular flexibility index (Phi) is 11.9. The van der Waals surface area contributed by atoms with Crippen LogP contribution in [0.25, 0.3) is 90.9 Å². The van der Waals surface area contributed by atoms with Crippen molar-refractivity contribution >= 4 is 81.2 Å². The molecular formula is C62H50N8O2. The van der Waals surface area contributed by atoms with Gasteiger partial charge in [-0.3, -0.25) is 0 Å². The smallest absolute Gasteiger partial charge is 0.323 e. The van der Waals surface area contributed by atoms with Crippen LogP contribution in [-0.4, -0.2) is 32.0 Å². The van der Waals surface area contributed by atoms with Crippen LogP contribution in [0, 0.1) is 27.7 Å². The number of aromatic nitrogens is 4. The van der Waals surface area contributed by atoms with Crippen molar-refractivity contribution in [1.82, 2.24) is 19.9 Å². The zero-order valence-electron chi connectivity index (χ0n) is 40.2. The van der Waals surface area contributed by atoms with Gasteiger partial charge in [0.25, 0.3) is 0 Å². The van der Waals surface area contributed by atoms with Gasteiger partial charge < -0.3 is 31.2 Å². The van der Waals surface area contributed by atoms with Gasteiger partial charge in [-0.2, -0.15) is 0 Å². The molecule has 350 valence electrons. The number of fused-ring (bicyclic) bond motifs is 8. The number of rotatable bonds is 8. The van der Waals surface area contributed by atoms with Crippen LogP contribution >= 0.6 is 0 Å². The van der Waals surface area contributed by atoms with E-state index in [0.29, 0.717) is 22.7 Å². The van der Waals surface area contributed by atoms with Gasteiger partial charge in [0.05, 0.1) is 22.8 Å². The van der Waals surface area contributed by atoms with Gasteiger partial charge in [0.15, 0.2) is 0 Å². The summed E-state index contributed by atoms with van der Waals surface area (Å²) < 4.78 is 0. The average Bonchev–Trinajstić information content (AvgIpc) is 4.24. The lowest BCUT2D eigenvalue weighted by molar-refractivity contribution is 0.261. The predicted molar refractivity (Wildman–Crippen MR) is 298 cm³/mol. The highest BCUT2D eigenvalue weighted by Crippen LogP contribution is 2.40. The van der Waals surface area contributed by atoms with Crippen LogP contribution in [-0.2, 0) is 0 Å². The molecule has 0 unspecified atom stereocenters. The zero-order chi connectivity index (χ0) is 49.3. The zero-order valence-corrected chi connectivity index (χ0v) is 40.2. The summed E-state index contributed by atoms with van der Waals surface area (Å²) in [5.74, 6) is 0. The number of nitrogens with zero attached hydrogens (tertiary/aromatic N) is 2. The Labute approximate surface area is 417 Å². The minimum absolute atomic E-state index is 0.340. The number of H-pyrrole nitrogens is 2. The Morgan fingerprint density at radius 2 is 0.681 bits per heavy atom. The number of carbonyl (C=O) groups excluding carboxylic acids is 2. The Morgan fingerprint density at radius 1 is 0.361 bits per heavy atom. The van der Waals surface area contributed by atoms with Crippen molar-refractivity contribution in [2.75, 3.05) is 21.3 Å². The Balaban J connectivity index is 1.16. The molecule has 4 amide bonds. The molecule has 5 heterocycles. The number of para-hydroxylation sites is 2. The molecule has 0 saturated heterocycles. The summed E-state index contributed by atoms with van der Waals surface area (Å²) in [4.78, 5) is 45.5. The standard InChI is InChI=1S/C62H50N8O2/c1-37-15-21-41(22-16-37)57-47-27-31-51(65-47)59(43-25-19-39(3)55(35-43)69-61(71)63-45-11-7-5-8-12-45)53-33-29-49(67-53)58(42-23-17-38(2)18-24-42)50-30-34-54(68-50)60(52-32-28-48(57)66-52)44-26-20-40(4)56(36-44)70-62(72)64-46-13-9-6-10-14-46/h5-36,65,68H,1-4H3,(H2,63,69,71)(H2,64,70,72). The minimum atomic E-state index is -0.340. The maximum absolute atomic E-state index is 13.4. The number of aromatic amines is 2. The second-order valence-electron chi connectivity index (χ2n) is 18.2. The molecule has 0 atom stereocenters. The monoisotopic (exact) mass is 938 g/mol. The van der Waals surface area contributed by atoms with Gasteiger partial charge in [-0.05, 0) is 146 Å². The number of nitrogens with one attached hydrogen (secondary N) is 6. The van der Waals surface area contributed by atoms with E-state index in [1.54, 1.807) is 0 Å².